The second kappa shape index (κ2) is 7.62. The Morgan fingerprint density at radius 1 is 1.32 bits per heavy atom. The zero-order valence-corrected chi connectivity index (χ0v) is 14.6. The fourth-order valence-electron chi connectivity index (χ4n) is 2.22. The van der Waals surface area contributed by atoms with Crippen molar-refractivity contribution < 1.29 is 27.5 Å². The standard InChI is InChI=1S/C15H19N3O6S/c1-3-17-25(22,23)12-6-4-11(5-7-12)14(20)24-10(2)13(19)18-9-8-16-15(18)21/h4-7,10,17H,3,8-9H2,1-2H3,(H,16,21). The Hall–Kier alpha value is -2.46. The number of imide groups is 1. The van der Waals surface area contributed by atoms with Gasteiger partial charge in [-0.2, -0.15) is 0 Å². The van der Waals surface area contributed by atoms with Crippen molar-refractivity contribution in [1.82, 2.24) is 14.9 Å². The molecule has 0 radical (unpaired) electrons. The number of carbonyl (C=O) groups excluding carboxylic acids is 3. The largest absolute Gasteiger partial charge is 0.449 e. The van der Waals surface area contributed by atoms with Crippen molar-refractivity contribution in [2.24, 2.45) is 0 Å². The van der Waals surface area contributed by atoms with Crippen molar-refractivity contribution in [3.8, 4) is 0 Å². The molecule has 1 saturated heterocycles. The van der Waals surface area contributed by atoms with Gasteiger partial charge < -0.3 is 10.1 Å². The van der Waals surface area contributed by atoms with Crippen molar-refractivity contribution in [2.75, 3.05) is 19.6 Å². The van der Waals surface area contributed by atoms with Crippen molar-refractivity contribution in [1.29, 1.82) is 0 Å². The van der Waals surface area contributed by atoms with Crippen LogP contribution in [0.5, 0.6) is 0 Å². The van der Waals surface area contributed by atoms with Gasteiger partial charge in [-0.1, -0.05) is 6.92 Å². The number of benzene rings is 1. The lowest BCUT2D eigenvalue weighted by Crippen LogP contribution is -2.41. The van der Waals surface area contributed by atoms with E-state index in [1.54, 1.807) is 6.92 Å². The third-order valence-corrected chi connectivity index (χ3v) is 5.05. The summed E-state index contributed by atoms with van der Waals surface area (Å²) in [6.07, 6.45) is -1.14. The highest BCUT2D eigenvalue weighted by molar-refractivity contribution is 7.89. The molecule has 10 heteroatoms. The molecule has 1 aliphatic rings. The molecule has 0 aliphatic carbocycles. The molecule has 1 atom stereocenters. The zero-order valence-electron chi connectivity index (χ0n) is 13.8. The van der Waals surface area contributed by atoms with Crippen LogP contribution in [0, 0.1) is 0 Å². The molecule has 1 heterocycles. The fraction of sp³-hybridized carbons (Fsp3) is 0.400. The molecule has 1 fully saturated rings. The highest BCUT2D eigenvalue weighted by Gasteiger charge is 2.31. The average molecular weight is 369 g/mol. The first-order chi connectivity index (χ1) is 11.8. The second-order valence-electron chi connectivity index (χ2n) is 5.30. The highest BCUT2D eigenvalue weighted by Crippen LogP contribution is 2.13. The number of esters is 1. The summed E-state index contributed by atoms with van der Waals surface area (Å²) in [6, 6.07) is 4.62. The molecular weight excluding hydrogens is 350 g/mol. The number of hydrogen-bond acceptors (Lipinski definition) is 6. The van der Waals surface area contributed by atoms with Crippen LogP contribution in [0.2, 0.25) is 0 Å². The Bertz CT molecular complexity index is 775. The smallest absolute Gasteiger partial charge is 0.338 e. The predicted octanol–water partition coefficient (Wildman–Crippen LogP) is 0.0819. The number of hydrogen-bond donors (Lipinski definition) is 2. The summed E-state index contributed by atoms with van der Waals surface area (Å²) < 4.78 is 31.1. The SMILES string of the molecule is CCNS(=O)(=O)c1ccc(C(=O)OC(C)C(=O)N2CCNC2=O)cc1. The molecular formula is C15H19N3O6S. The van der Waals surface area contributed by atoms with Crippen LogP contribution >= 0.6 is 0 Å². The van der Waals surface area contributed by atoms with Gasteiger partial charge in [-0.3, -0.25) is 9.69 Å². The van der Waals surface area contributed by atoms with E-state index >= 15 is 0 Å². The fourth-order valence-corrected chi connectivity index (χ4v) is 3.26. The van der Waals surface area contributed by atoms with E-state index in [1.165, 1.54) is 31.2 Å². The van der Waals surface area contributed by atoms with Crippen LogP contribution in [0.1, 0.15) is 24.2 Å². The molecule has 3 amide bonds. The van der Waals surface area contributed by atoms with Gasteiger partial charge in [0.25, 0.3) is 5.91 Å². The average Bonchev–Trinajstić information content (AvgIpc) is 3.00. The minimum absolute atomic E-state index is 0.0174. The minimum Gasteiger partial charge on any atom is -0.449 e. The van der Waals surface area contributed by atoms with Gasteiger partial charge in [0.2, 0.25) is 10.0 Å². The van der Waals surface area contributed by atoms with Crippen LogP contribution in [0.25, 0.3) is 0 Å². The third kappa shape index (κ3) is 4.34. The van der Waals surface area contributed by atoms with Gasteiger partial charge in [0, 0.05) is 19.6 Å². The van der Waals surface area contributed by atoms with E-state index in [-0.39, 0.29) is 23.5 Å². The van der Waals surface area contributed by atoms with Crippen LogP contribution in [-0.2, 0) is 19.6 Å². The third-order valence-electron chi connectivity index (χ3n) is 3.49. The number of nitrogens with one attached hydrogen (secondary N) is 2. The number of sulfonamides is 1. The summed E-state index contributed by atoms with van der Waals surface area (Å²) in [7, 11) is -3.61. The maximum absolute atomic E-state index is 12.1. The topological polar surface area (TPSA) is 122 Å². The molecule has 1 aromatic rings. The van der Waals surface area contributed by atoms with Crippen LogP contribution in [-0.4, -0.2) is 57.0 Å². The maximum Gasteiger partial charge on any atom is 0.338 e. The minimum atomic E-state index is -3.61. The molecule has 0 bridgehead atoms. The quantitative estimate of drug-likeness (QED) is 0.685. The predicted molar refractivity (Wildman–Crippen MR) is 87.3 cm³/mol. The second-order valence-corrected chi connectivity index (χ2v) is 7.06. The van der Waals surface area contributed by atoms with Crippen molar-refractivity contribution in [2.45, 2.75) is 24.8 Å². The Morgan fingerprint density at radius 2 is 1.96 bits per heavy atom. The van der Waals surface area contributed by atoms with E-state index in [9.17, 15) is 22.8 Å². The monoisotopic (exact) mass is 369 g/mol. The van der Waals surface area contributed by atoms with Gasteiger partial charge in [0.15, 0.2) is 6.10 Å². The summed E-state index contributed by atoms with van der Waals surface area (Å²) >= 11 is 0. The summed E-state index contributed by atoms with van der Waals surface area (Å²) in [6.45, 7) is 3.84. The van der Waals surface area contributed by atoms with E-state index in [2.05, 4.69) is 10.0 Å². The number of urea groups is 1. The lowest BCUT2D eigenvalue weighted by molar-refractivity contribution is -0.136. The molecule has 1 aliphatic heterocycles. The van der Waals surface area contributed by atoms with Crippen LogP contribution in [0.15, 0.2) is 29.2 Å². The van der Waals surface area contributed by atoms with Gasteiger partial charge in [0.05, 0.1) is 10.5 Å². The Kier molecular flexibility index (Phi) is 5.75. The van der Waals surface area contributed by atoms with Crippen LogP contribution < -0.4 is 10.0 Å². The van der Waals surface area contributed by atoms with E-state index < -0.39 is 34.0 Å². The van der Waals surface area contributed by atoms with Crippen molar-refractivity contribution in [3.63, 3.8) is 0 Å². The normalized spacial score (nSPS) is 15.6. The van der Waals surface area contributed by atoms with E-state index in [0.717, 1.165) is 4.90 Å². The van der Waals surface area contributed by atoms with Gasteiger partial charge in [-0.25, -0.2) is 22.7 Å². The molecule has 2 N–H and O–H groups in total. The van der Waals surface area contributed by atoms with E-state index in [1.807, 2.05) is 0 Å². The Balaban J connectivity index is 2.03. The summed E-state index contributed by atoms with van der Waals surface area (Å²) in [5, 5.41) is 2.48. The zero-order chi connectivity index (χ0) is 18.6. The van der Waals surface area contributed by atoms with E-state index in [0.29, 0.717) is 6.54 Å². The molecule has 9 nitrogen and oxygen atoms in total. The summed E-state index contributed by atoms with van der Waals surface area (Å²) in [4.78, 5) is 36.6. The van der Waals surface area contributed by atoms with Gasteiger partial charge >= 0.3 is 12.0 Å². The number of carbonyl (C=O) groups is 3. The first-order valence-electron chi connectivity index (χ1n) is 7.66. The number of nitrogens with zero attached hydrogens (tertiary/aromatic N) is 1. The molecule has 1 aromatic carbocycles. The first-order valence-corrected chi connectivity index (χ1v) is 9.14. The molecule has 0 aromatic heterocycles. The number of amides is 3. The van der Waals surface area contributed by atoms with Crippen LogP contribution in [0.4, 0.5) is 4.79 Å². The number of rotatable bonds is 6. The molecule has 25 heavy (non-hydrogen) atoms. The molecule has 0 saturated carbocycles. The maximum atomic E-state index is 12.1. The van der Waals surface area contributed by atoms with Gasteiger partial charge in [-0.15, -0.1) is 0 Å². The lowest BCUT2D eigenvalue weighted by Gasteiger charge is -2.18. The molecule has 136 valence electrons. The Labute approximate surface area is 145 Å². The van der Waals surface area contributed by atoms with Gasteiger partial charge in [0.1, 0.15) is 0 Å². The summed E-state index contributed by atoms with van der Waals surface area (Å²) in [5.74, 6) is -1.40. The Morgan fingerprint density at radius 3 is 2.48 bits per heavy atom. The molecule has 0 spiro atoms. The highest BCUT2D eigenvalue weighted by atomic mass is 32.2. The molecule has 1 unspecified atom stereocenters. The lowest BCUT2D eigenvalue weighted by atomic mass is 10.2. The van der Waals surface area contributed by atoms with E-state index in [4.69, 9.17) is 4.74 Å². The van der Waals surface area contributed by atoms with Crippen molar-refractivity contribution in [3.05, 3.63) is 29.8 Å². The number of ether oxygens (including phenoxy) is 1. The van der Waals surface area contributed by atoms with Crippen LogP contribution in [0.3, 0.4) is 0 Å². The molecule has 2 rings (SSSR count). The van der Waals surface area contributed by atoms with Crippen molar-refractivity contribution >= 4 is 27.9 Å². The van der Waals surface area contributed by atoms with Gasteiger partial charge in [-0.05, 0) is 31.2 Å². The summed E-state index contributed by atoms with van der Waals surface area (Å²) in [5.41, 5.74) is 0.0981. The first kappa shape index (κ1) is 18.9.